The lowest BCUT2D eigenvalue weighted by molar-refractivity contribution is 0.0237. The predicted molar refractivity (Wildman–Crippen MR) is 75.3 cm³/mol. The molecule has 2 N–H and O–H groups in total. The first-order valence-corrected chi connectivity index (χ1v) is 7.12. The third kappa shape index (κ3) is 3.17. The van der Waals surface area contributed by atoms with Crippen LogP contribution in [0.25, 0.3) is 0 Å². The highest BCUT2D eigenvalue weighted by Crippen LogP contribution is 2.26. The van der Waals surface area contributed by atoms with E-state index in [0.717, 1.165) is 11.3 Å². The van der Waals surface area contributed by atoms with Gasteiger partial charge >= 0.3 is 5.97 Å². The molecule has 7 heteroatoms. The van der Waals surface area contributed by atoms with Crippen LogP contribution < -0.4 is 0 Å². The van der Waals surface area contributed by atoms with Gasteiger partial charge in [0, 0.05) is 13.1 Å². The van der Waals surface area contributed by atoms with E-state index in [0.29, 0.717) is 24.4 Å². The van der Waals surface area contributed by atoms with Crippen molar-refractivity contribution >= 4 is 23.2 Å². The molecule has 0 radical (unpaired) electrons. The van der Waals surface area contributed by atoms with Gasteiger partial charge in [0.1, 0.15) is 4.88 Å². The Balaban J connectivity index is 2.05. The molecule has 2 rings (SSSR count). The maximum absolute atomic E-state index is 12.3. The fourth-order valence-corrected chi connectivity index (χ4v) is 3.28. The molecular weight excluding hydrogens is 280 g/mol. The number of hydrogen-bond donors (Lipinski definition) is 2. The molecule has 2 heterocycles. The summed E-state index contributed by atoms with van der Waals surface area (Å²) in [6.07, 6.45) is 0.536. The molecule has 1 aliphatic heterocycles. The van der Waals surface area contributed by atoms with Gasteiger partial charge in [-0.15, -0.1) is 11.3 Å². The lowest BCUT2D eigenvalue weighted by Gasteiger charge is -2.26. The van der Waals surface area contributed by atoms with Gasteiger partial charge in [0.05, 0.1) is 17.0 Å². The van der Waals surface area contributed by atoms with Gasteiger partial charge in [-0.25, -0.2) is 4.79 Å². The average Bonchev–Trinajstić information content (AvgIpc) is 2.94. The van der Waals surface area contributed by atoms with Crippen molar-refractivity contribution in [2.45, 2.75) is 12.0 Å². The minimum atomic E-state index is -1.03. The van der Waals surface area contributed by atoms with Crippen molar-refractivity contribution in [3.05, 3.63) is 21.9 Å². The number of carboxylic acid groups (broad SMARTS) is 1. The number of thiophene rings is 1. The Labute approximate surface area is 121 Å². The first-order chi connectivity index (χ1) is 9.31. The summed E-state index contributed by atoms with van der Waals surface area (Å²) in [5, 5.41) is 19.3. The zero-order chi connectivity index (χ0) is 14.9. The number of carbonyl (C=O) groups is 2. The zero-order valence-corrected chi connectivity index (χ0v) is 12.3. The normalized spacial score (nSPS) is 22.5. The predicted octanol–water partition coefficient (Wildman–Crippen LogP) is 0.585. The van der Waals surface area contributed by atoms with Gasteiger partial charge in [0.15, 0.2) is 0 Å². The molecule has 6 nitrogen and oxygen atoms in total. The van der Waals surface area contributed by atoms with E-state index in [2.05, 4.69) is 0 Å². The molecule has 1 aromatic rings. The quantitative estimate of drug-likeness (QED) is 0.850. The monoisotopic (exact) mass is 298 g/mol. The van der Waals surface area contributed by atoms with E-state index in [4.69, 9.17) is 5.11 Å². The Bertz CT molecular complexity index is 528. The van der Waals surface area contributed by atoms with Crippen molar-refractivity contribution in [2.24, 2.45) is 0 Å². The molecular formula is C13H18N2O4S. The number of carboxylic acids is 1. The van der Waals surface area contributed by atoms with Crippen LogP contribution in [0.2, 0.25) is 0 Å². The summed E-state index contributed by atoms with van der Waals surface area (Å²) in [5.41, 5.74) is -0.883. The molecule has 1 aromatic heterocycles. The van der Waals surface area contributed by atoms with E-state index in [9.17, 15) is 14.7 Å². The van der Waals surface area contributed by atoms with E-state index < -0.39 is 11.6 Å². The number of amides is 1. The molecule has 0 aromatic carbocycles. The summed E-state index contributed by atoms with van der Waals surface area (Å²) in [6, 6.07) is 2.96. The number of aromatic carboxylic acids is 1. The van der Waals surface area contributed by atoms with Gasteiger partial charge in [0.2, 0.25) is 0 Å². The van der Waals surface area contributed by atoms with Crippen molar-refractivity contribution in [3.8, 4) is 0 Å². The summed E-state index contributed by atoms with van der Waals surface area (Å²) in [5.74, 6) is -1.24. The van der Waals surface area contributed by atoms with Gasteiger partial charge in [-0.05, 0) is 32.6 Å². The summed E-state index contributed by atoms with van der Waals surface area (Å²) in [7, 11) is 3.75. The largest absolute Gasteiger partial charge is 0.477 e. The second kappa shape index (κ2) is 5.51. The fourth-order valence-electron chi connectivity index (χ4n) is 2.47. The lowest BCUT2D eigenvalue weighted by atomic mass is 10.0. The van der Waals surface area contributed by atoms with E-state index in [1.54, 1.807) is 4.90 Å². The molecule has 1 aliphatic rings. The van der Waals surface area contributed by atoms with Gasteiger partial charge in [-0.3, -0.25) is 4.79 Å². The summed E-state index contributed by atoms with van der Waals surface area (Å²) in [6.45, 7) is 1.27. The molecule has 0 spiro atoms. The zero-order valence-electron chi connectivity index (χ0n) is 11.5. The number of β-amino-alcohol motifs (C(OH)–C–C–N with tert-alkyl or cyclic N) is 1. The first-order valence-electron chi connectivity index (χ1n) is 6.30. The van der Waals surface area contributed by atoms with Gasteiger partial charge < -0.3 is 20.0 Å². The van der Waals surface area contributed by atoms with Gasteiger partial charge in [0.25, 0.3) is 5.91 Å². The number of aliphatic hydroxyl groups is 1. The van der Waals surface area contributed by atoms with E-state index >= 15 is 0 Å². The molecule has 1 saturated heterocycles. The molecule has 20 heavy (non-hydrogen) atoms. The van der Waals surface area contributed by atoms with Crippen LogP contribution in [0.3, 0.4) is 0 Å². The Hall–Kier alpha value is -1.44. The minimum Gasteiger partial charge on any atom is -0.477 e. The van der Waals surface area contributed by atoms with Crippen LogP contribution in [0.15, 0.2) is 12.1 Å². The second-order valence-corrected chi connectivity index (χ2v) is 6.49. The van der Waals surface area contributed by atoms with Crippen LogP contribution in [0.5, 0.6) is 0 Å². The molecule has 1 amide bonds. The highest BCUT2D eigenvalue weighted by molar-refractivity contribution is 7.15. The number of likely N-dealkylation sites (N-methyl/N-ethyl adjacent to an activating group) is 1. The molecule has 0 unspecified atom stereocenters. The number of carbonyl (C=O) groups excluding carboxylic acids is 1. The van der Waals surface area contributed by atoms with Crippen molar-refractivity contribution < 1.29 is 19.8 Å². The first kappa shape index (κ1) is 15.0. The van der Waals surface area contributed by atoms with Crippen LogP contribution in [0, 0.1) is 0 Å². The minimum absolute atomic E-state index is 0.149. The van der Waals surface area contributed by atoms with Crippen molar-refractivity contribution in [1.29, 1.82) is 0 Å². The van der Waals surface area contributed by atoms with Crippen molar-refractivity contribution in [1.82, 2.24) is 9.80 Å². The maximum atomic E-state index is 12.3. The summed E-state index contributed by atoms with van der Waals surface area (Å²) in [4.78, 5) is 27.1. The fraction of sp³-hybridized carbons (Fsp3) is 0.538. The number of rotatable bonds is 4. The van der Waals surface area contributed by atoms with Crippen molar-refractivity contribution in [3.63, 3.8) is 0 Å². The summed E-state index contributed by atoms with van der Waals surface area (Å²) < 4.78 is 0. The van der Waals surface area contributed by atoms with E-state index in [-0.39, 0.29) is 17.3 Å². The van der Waals surface area contributed by atoms with Crippen LogP contribution in [-0.2, 0) is 0 Å². The van der Waals surface area contributed by atoms with Crippen LogP contribution in [0.1, 0.15) is 25.8 Å². The molecule has 0 aliphatic carbocycles. The average molecular weight is 298 g/mol. The summed E-state index contributed by atoms with van der Waals surface area (Å²) >= 11 is 0.967. The topological polar surface area (TPSA) is 81.1 Å². The number of likely N-dealkylation sites (tertiary alicyclic amines) is 1. The van der Waals surface area contributed by atoms with Gasteiger partial charge in [-0.2, -0.15) is 0 Å². The van der Waals surface area contributed by atoms with Crippen LogP contribution >= 0.6 is 11.3 Å². The second-order valence-electron chi connectivity index (χ2n) is 5.41. The molecule has 1 atom stereocenters. The Morgan fingerprint density at radius 3 is 2.60 bits per heavy atom. The van der Waals surface area contributed by atoms with Crippen LogP contribution in [0.4, 0.5) is 0 Å². The Kier molecular flexibility index (Phi) is 4.12. The smallest absolute Gasteiger partial charge is 0.345 e. The van der Waals surface area contributed by atoms with E-state index in [1.165, 1.54) is 12.1 Å². The molecule has 0 bridgehead atoms. The maximum Gasteiger partial charge on any atom is 0.345 e. The van der Waals surface area contributed by atoms with E-state index in [1.807, 2.05) is 19.0 Å². The number of hydrogen-bond acceptors (Lipinski definition) is 5. The Morgan fingerprint density at radius 2 is 2.05 bits per heavy atom. The number of nitrogens with zero attached hydrogens (tertiary/aromatic N) is 2. The third-order valence-corrected chi connectivity index (χ3v) is 4.32. The molecule has 110 valence electrons. The highest BCUT2D eigenvalue weighted by atomic mass is 32.1. The standard InChI is InChI=1S/C13H18N2O4S/c1-14(2)7-13(19)5-6-15(8-13)11(16)9-3-4-10(20-9)12(17)18/h3-4,19H,5-8H2,1-2H3,(H,17,18)/t13-/m1/s1. The van der Waals surface area contributed by atoms with Crippen molar-refractivity contribution in [2.75, 3.05) is 33.7 Å². The molecule has 0 saturated carbocycles. The molecule has 1 fully saturated rings. The highest BCUT2D eigenvalue weighted by Gasteiger charge is 2.39. The Morgan fingerprint density at radius 1 is 1.40 bits per heavy atom. The lowest BCUT2D eigenvalue weighted by Crippen LogP contribution is -2.43. The van der Waals surface area contributed by atoms with Gasteiger partial charge in [-0.1, -0.05) is 0 Å². The SMILES string of the molecule is CN(C)C[C@]1(O)CCN(C(=O)c2ccc(C(=O)O)s2)C1. The van der Waals surface area contributed by atoms with Crippen LogP contribution in [-0.4, -0.2) is 71.2 Å². The third-order valence-electron chi connectivity index (χ3n) is 3.26.